The Kier molecular flexibility index (Phi) is 7.79. The van der Waals surface area contributed by atoms with Crippen LogP contribution < -0.4 is 10.2 Å². The van der Waals surface area contributed by atoms with Crippen LogP contribution in [0.4, 0.5) is 15.3 Å². The molecule has 2 N–H and O–H groups in total. The largest absolute Gasteiger partial charge is 0.450 e. The van der Waals surface area contributed by atoms with Gasteiger partial charge >= 0.3 is 12.2 Å². The molecule has 36 heavy (non-hydrogen) atoms. The molecule has 1 aromatic carbocycles. The number of nitrogens with zero attached hydrogens (tertiary/aromatic N) is 4. The highest BCUT2D eigenvalue weighted by molar-refractivity contribution is 6.11. The summed E-state index contributed by atoms with van der Waals surface area (Å²) in [5, 5.41) is 10.7. The number of carbonyl (C=O) groups excluding carboxylic acids is 3. The average Bonchev–Trinajstić information content (AvgIpc) is 3.30. The molecule has 4 rings (SSSR count). The van der Waals surface area contributed by atoms with E-state index in [9.17, 15) is 14.4 Å². The van der Waals surface area contributed by atoms with Crippen molar-refractivity contribution in [1.29, 1.82) is 5.41 Å². The number of cyclic esters (lactones) is 1. The molecule has 0 bridgehead atoms. The second-order valence-corrected chi connectivity index (χ2v) is 8.61. The van der Waals surface area contributed by atoms with Crippen molar-refractivity contribution in [3.05, 3.63) is 59.9 Å². The molecule has 3 amide bonds. The van der Waals surface area contributed by atoms with Gasteiger partial charge in [0.15, 0.2) is 0 Å². The Morgan fingerprint density at radius 2 is 1.89 bits per heavy atom. The molecule has 2 atom stereocenters. The van der Waals surface area contributed by atoms with Crippen LogP contribution in [0.2, 0.25) is 0 Å². The quantitative estimate of drug-likeness (QED) is 0.466. The molecule has 2 fully saturated rings. The fourth-order valence-electron chi connectivity index (χ4n) is 4.27. The monoisotopic (exact) mass is 494 g/mol. The standard InChI is InChI=1S/C25H30N6O5/c1-3-35-24(33)30-13-11-29(12-14-30)17(2)21-16-31(25(34)36-21)20-8-6-18(7-9-20)22(26)28-23(32)19-5-4-10-27-15-19/h4-10,15,17,21H,3,11-14,16H2,1-2H3,(H2,26,28,32). The molecule has 3 heterocycles. The number of rotatable bonds is 6. The minimum absolute atomic E-state index is 0.0153. The summed E-state index contributed by atoms with van der Waals surface area (Å²) in [6, 6.07) is 10.1. The summed E-state index contributed by atoms with van der Waals surface area (Å²) in [6.45, 7) is 7.05. The smallest absolute Gasteiger partial charge is 0.414 e. The number of nitrogens with one attached hydrogen (secondary N) is 2. The molecule has 0 aliphatic carbocycles. The number of piperazine rings is 1. The topological polar surface area (TPSA) is 128 Å². The predicted molar refractivity (Wildman–Crippen MR) is 132 cm³/mol. The van der Waals surface area contributed by atoms with E-state index in [1.165, 1.54) is 6.20 Å². The minimum atomic E-state index is -0.426. The van der Waals surface area contributed by atoms with Gasteiger partial charge in [0, 0.05) is 55.9 Å². The molecule has 2 aromatic rings. The maximum absolute atomic E-state index is 12.6. The van der Waals surface area contributed by atoms with E-state index in [1.54, 1.807) is 59.3 Å². The van der Waals surface area contributed by atoms with Gasteiger partial charge in [0.25, 0.3) is 5.91 Å². The van der Waals surface area contributed by atoms with Crippen LogP contribution in [-0.4, -0.2) is 90.2 Å². The van der Waals surface area contributed by atoms with Crippen molar-refractivity contribution in [3.8, 4) is 0 Å². The second-order valence-electron chi connectivity index (χ2n) is 8.61. The fraction of sp³-hybridized carbons (Fsp3) is 0.400. The van der Waals surface area contributed by atoms with Crippen LogP contribution in [0.25, 0.3) is 0 Å². The number of amidine groups is 1. The molecule has 11 heteroatoms. The minimum Gasteiger partial charge on any atom is -0.450 e. The van der Waals surface area contributed by atoms with Crippen LogP contribution in [0.1, 0.15) is 29.8 Å². The Labute approximate surface area is 209 Å². The number of ether oxygens (including phenoxy) is 2. The maximum atomic E-state index is 12.6. The number of benzene rings is 1. The normalized spacial score (nSPS) is 18.9. The molecule has 0 radical (unpaired) electrons. The van der Waals surface area contributed by atoms with Crippen molar-refractivity contribution in [2.75, 3.05) is 44.2 Å². The highest BCUT2D eigenvalue weighted by Gasteiger charge is 2.39. The van der Waals surface area contributed by atoms with Crippen molar-refractivity contribution in [2.24, 2.45) is 0 Å². The van der Waals surface area contributed by atoms with Crippen molar-refractivity contribution >= 4 is 29.6 Å². The summed E-state index contributed by atoms with van der Waals surface area (Å²) in [4.78, 5) is 46.2. The van der Waals surface area contributed by atoms with Gasteiger partial charge in [-0.05, 0) is 50.2 Å². The Hall–Kier alpha value is -3.99. The third-order valence-electron chi connectivity index (χ3n) is 6.42. The van der Waals surface area contributed by atoms with Crippen molar-refractivity contribution in [1.82, 2.24) is 20.1 Å². The Balaban J connectivity index is 1.32. The van der Waals surface area contributed by atoms with Gasteiger partial charge in [-0.2, -0.15) is 0 Å². The van der Waals surface area contributed by atoms with Gasteiger partial charge in [-0.1, -0.05) is 0 Å². The van der Waals surface area contributed by atoms with Crippen LogP contribution in [0.15, 0.2) is 48.8 Å². The number of hydrogen-bond acceptors (Lipinski definition) is 8. The van der Waals surface area contributed by atoms with Crippen LogP contribution in [0.3, 0.4) is 0 Å². The molecule has 2 saturated heterocycles. The summed E-state index contributed by atoms with van der Waals surface area (Å²) >= 11 is 0. The number of carbonyl (C=O) groups is 3. The molecule has 2 aliphatic heterocycles. The van der Waals surface area contributed by atoms with E-state index in [0.717, 1.165) is 0 Å². The third-order valence-corrected chi connectivity index (χ3v) is 6.42. The van der Waals surface area contributed by atoms with Crippen molar-refractivity contribution in [3.63, 3.8) is 0 Å². The summed E-state index contributed by atoms with van der Waals surface area (Å²) < 4.78 is 10.7. The van der Waals surface area contributed by atoms with Gasteiger partial charge in [-0.15, -0.1) is 0 Å². The fourth-order valence-corrected chi connectivity index (χ4v) is 4.27. The first-order chi connectivity index (χ1) is 17.4. The number of pyridine rings is 1. The van der Waals surface area contributed by atoms with Gasteiger partial charge < -0.3 is 19.7 Å². The lowest BCUT2D eigenvalue weighted by molar-refractivity contribution is 0.0315. The molecule has 190 valence electrons. The number of anilines is 1. The molecule has 0 saturated carbocycles. The first kappa shape index (κ1) is 25.1. The summed E-state index contributed by atoms with van der Waals surface area (Å²) in [7, 11) is 0. The van der Waals surface area contributed by atoms with Gasteiger partial charge in [0.1, 0.15) is 11.9 Å². The van der Waals surface area contributed by atoms with E-state index in [1.807, 2.05) is 6.92 Å². The summed E-state index contributed by atoms with van der Waals surface area (Å²) in [6.07, 6.45) is 1.97. The zero-order valence-corrected chi connectivity index (χ0v) is 20.3. The lowest BCUT2D eigenvalue weighted by Gasteiger charge is -2.38. The number of amides is 3. The lowest BCUT2D eigenvalue weighted by atomic mass is 10.1. The summed E-state index contributed by atoms with van der Waals surface area (Å²) in [5.41, 5.74) is 1.52. The molecule has 0 spiro atoms. The van der Waals surface area contributed by atoms with E-state index >= 15 is 0 Å². The van der Waals surface area contributed by atoms with Crippen molar-refractivity contribution < 1.29 is 23.9 Å². The molecule has 2 aliphatic rings. The van der Waals surface area contributed by atoms with Crippen LogP contribution in [0.5, 0.6) is 0 Å². The molecule has 11 nitrogen and oxygen atoms in total. The van der Waals surface area contributed by atoms with E-state index in [2.05, 4.69) is 15.2 Å². The highest BCUT2D eigenvalue weighted by atomic mass is 16.6. The highest BCUT2D eigenvalue weighted by Crippen LogP contribution is 2.25. The van der Waals surface area contributed by atoms with Gasteiger partial charge in [-0.3, -0.25) is 25.0 Å². The van der Waals surface area contributed by atoms with E-state index in [-0.39, 0.29) is 24.1 Å². The Bertz CT molecular complexity index is 1100. The van der Waals surface area contributed by atoms with E-state index in [4.69, 9.17) is 14.9 Å². The molecule has 1 aromatic heterocycles. The molecule has 2 unspecified atom stereocenters. The number of hydrogen-bond donors (Lipinski definition) is 2. The first-order valence-electron chi connectivity index (χ1n) is 11.9. The van der Waals surface area contributed by atoms with Crippen LogP contribution in [-0.2, 0) is 9.47 Å². The average molecular weight is 495 g/mol. The van der Waals surface area contributed by atoms with Crippen molar-refractivity contribution in [2.45, 2.75) is 26.0 Å². The second kappa shape index (κ2) is 11.2. The van der Waals surface area contributed by atoms with Crippen LogP contribution >= 0.6 is 0 Å². The summed E-state index contributed by atoms with van der Waals surface area (Å²) in [5.74, 6) is -0.465. The Morgan fingerprint density at radius 3 is 2.53 bits per heavy atom. The van der Waals surface area contributed by atoms with E-state index in [0.29, 0.717) is 56.1 Å². The first-order valence-corrected chi connectivity index (χ1v) is 11.9. The SMILES string of the molecule is CCOC(=O)N1CCN(C(C)C2CN(c3ccc(C(=N)NC(=O)c4cccnc4)cc3)C(=O)O2)CC1. The zero-order valence-electron chi connectivity index (χ0n) is 20.3. The van der Waals surface area contributed by atoms with Gasteiger partial charge in [-0.25, -0.2) is 9.59 Å². The predicted octanol–water partition coefficient (Wildman–Crippen LogP) is 2.32. The van der Waals surface area contributed by atoms with Gasteiger partial charge in [0.2, 0.25) is 0 Å². The van der Waals surface area contributed by atoms with E-state index < -0.39 is 12.0 Å². The third kappa shape index (κ3) is 5.62. The number of aromatic nitrogens is 1. The Morgan fingerprint density at radius 1 is 1.17 bits per heavy atom. The zero-order chi connectivity index (χ0) is 25.7. The molecular formula is C25H30N6O5. The maximum Gasteiger partial charge on any atom is 0.414 e. The molecular weight excluding hydrogens is 464 g/mol. The van der Waals surface area contributed by atoms with Gasteiger partial charge in [0.05, 0.1) is 18.7 Å². The van der Waals surface area contributed by atoms with Crippen LogP contribution in [0, 0.1) is 5.41 Å². The lowest BCUT2D eigenvalue weighted by Crippen LogP contribution is -2.54.